The van der Waals surface area contributed by atoms with Gasteiger partial charge in [-0.15, -0.1) is 0 Å². The Kier molecular flexibility index (Phi) is 3.85. The van der Waals surface area contributed by atoms with Gasteiger partial charge in [0.15, 0.2) is 0 Å². The predicted molar refractivity (Wildman–Crippen MR) is 74.2 cm³/mol. The van der Waals surface area contributed by atoms with E-state index in [4.69, 9.17) is 10.4 Å². The third-order valence-corrected chi connectivity index (χ3v) is 3.06. The Morgan fingerprint density at radius 1 is 1.38 bits per heavy atom. The number of carboxylic acid groups (broad SMARTS) is 1. The molecule has 1 heterocycles. The zero-order valence-electron chi connectivity index (χ0n) is 11.5. The molecule has 21 heavy (non-hydrogen) atoms. The highest BCUT2D eigenvalue weighted by Crippen LogP contribution is 2.20. The fraction of sp³-hybridized carbons (Fsp3) is 0.133. The summed E-state index contributed by atoms with van der Waals surface area (Å²) in [7, 11) is 0. The number of halogens is 1. The van der Waals surface area contributed by atoms with E-state index in [1.54, 1.807) is 36.7 Å². The minimum Gasteiger partial charge on any atom is -0.477 e. The molecule has 5 nitrogen and oxygen atoms in total. The highest BCUT2D eigenvalue weighted by Gasteiger charge is 2.14. The first-order chi connectivity index (χ1) is 9.93. The number of carbonyl (C=O) groups is 1. The molecule has 1 aromatic heterocycles. The lowest BCUT2D eigenvalue weighted by molar-refractivity contribution is -0.132. The number of carboxylic acids is 1. The molecule has 0 aliphatic heterocycles. The molecule has 1 aromatic carbocycles. The maximum Gasteiger partial charge on any atom is 0.346 e. The Balaban J connectivity index is 2.55. The van der Waals surface area contributed by atoms with Gasteiger partial charge in [-0.3, -0.25) is 0 Å². The van der Waals surface area contributed by atoms with E-state index in [0.29, 0.717) is 22.6 Å². The number of benzene rings is 1. The zero-order chi connectivity index (χ0) is 15.6. The lowest BCUT2D eigenvalue weighted by atomic mass is 10.1. The summed E-state index contributed by atoms with van der Waals surface area (Å²) >= 11 is 0. The van der Waals surface area contributed by atoms with Gasteiger partial charge < -0.3 is 5.11 Å². The van der Waals surface area contributed by atoms with Crippen molar-refractivity contribution in [2.24, 2.45) is 0 Å². The van der Waals surface area contributed by atoms with Crippen LogP contribution >= 0.6 is 0 Å². The number of hydrogen-bond donors (Lipinski definition) is 1. The van der Waals surface area contributed by atoms with Crippen molar-refractivity contribution in [2.75, 3.05) is 0 Å². The summed E-state index contributed by atoms with van der Waals surface area (Å²) in [5.74, 6) is -1.64. The maximum absolute atomic E-state index is 13.0. The molecule has 0 amide bonds. The first kappa shape index (κ1) is 14.5. The van der Waals surface area contributed by atoms with Crippen LogP contribution in [-0.4, -0.2) is 20.9 Å². The smallest absolute Gasteiger partial charge is 0.346 e. The van der Waals surface area contributed by atoms with Crippen LogP contribution in [0.5, 0.6) is 0 Å². The summed E-state index contributed by atoms with van der Waals surface area (Å²) in [6.07, 6.45) is 1.29. The fourth-order valence-electron chi connectivity index (χ4n) is 1.98. The Morgan fingerprint density at radius 3 is 2.52 bits per heavy atom. The normalized spacial score (nSPS) is 11.2. The highest BCUT2D eigenvalue weighted by atomic mass is 19.1. The first-order valence-electron chi connectivity index (χ1n) is 6.11. The number of nitriles is 1. The molecule has 0 bridgehead atoms. The van der Waals surface area contributed by atoms with Gasteiger partial charge in [-0.2, -0.15) is 10.4 Å². The van der Waals surface area contributed by atoms with Gasteiger partial charge in [0.05, 0.1) is 11.4 Å². The van der Waals surface area contributed by atoms with E-state index in [2.05, 4.69) is 5.10 Å². The number of aromatic nitrogens is 2. The largest absolute Gasteiger partial charge is 0.477 e. The highest BCUT2D eigenvalue weighted by molar-refractivity contribution is 5.96. The van der Waals surface area contributed by atoms with Gasteiger partial charge in [-0.25, -0.2) is 13.9 Å². The SMILES string of the molecule is Cc1nn(-c2ccc(F)cc2)c(C)c1/C=C(\C#N)C(=O)O. The van der Waals surface area contributed by atoms with Crippen LogP contribution < -0.4 is 0 Å². The van der Waals surface area contributed by atoms with Gasteiger partial charge >= 0.3 is 5.97 Å². The maximum atomic E-state index is 13.0. The molecule has 0 aliphatic rings. The summed E-state index contributed by atoms with van der Waals surface area (Å²) in [6, 6.07) is 7.42. The average molecular weight is 285 g/mol. The Morgan fingerprint density at radius 2 is 2.00 bits per heavy atom. The number of aryl methyl sites for hydroxylation is 1. The van der Waals surface area contributed by atoms with Crippen LogP contribution in [0.2, 0.25) is 0 Å². The Labute approximate surface area is 120 Å². The molecule has 0 atom stereocenters. The van der Waals surface area contributed by atoms with Crippen LogP contribution in [0.3, 0.4) is 0 Å². The van der Waals surface area contributed by atoms with Crippen molar-refractivity contribution in [3.63, 3.8) is 0 Å². The van der Waals surface area contributed by atoms with Crippen molar-refractivity contribution < 1.29 is 14.3 Å². The Hall–Kier alpha value is -2.94. The molecule has 1 N–H and O–H groups in total. The molecule has 6 heteroatoms. The second-order valence-electron chi connectivity index (χ2n) is 4.45. The predicted octanol–water partition coefficient (Wildman–Crippen LogP) is 2.62. The monoisotopic (exact) mass is 285 g/mol. The third kappa shape index (κ3) is 2.82. The molecule has 0 radical (unpaired) electrons. The summed E-state index contributed by atoms with van der Waals surface area (Å²) in [4.78, 5) is 10.9. The summed E-state index contributed by atoms with van der Waals surface area (Å²) in [5.41, 5.74) is 2.13. The van der Waals surface area contributed by atoms with Crippen LogP contribution in [0.4, 0.5) is 4.39 Å². The van der Waals surface area contributed by atoms with E-state index in [9.17, 15) is 9.18 Å². The fourth-order valence-corrected chi connectivity index (χ4v) is 1.98. The number of nitrogens with zero attached hydrogens (tertiary/aromatic N) is 3. The first-order valence-corrected chi connectivity index (χ1v) is 6.11. The van der Waals surface area contributed by atoms with Gasteiger partial charge in [0.1, 0.15) is 17.5 Å². The van der Waals surface area contributed by atoms with Crippen LogP contribution in [0, 0.1) is 31.0 Å². The second-order valence-corrected chi connectivity index (χ2v) is 4.45. The van der Waals surface area contributed by atoms with Crippen molar-refractivity contribution >= 4 is 12.0 Å². The molecule has 0 unspecified atom stereocenters. The lowest BCUT2D eigenvalue weighted by Gasteiger charge is -2.04. The van der Waals surface area contributed by atoms with Gasteiger partial charge in [-0.05, 0) is 44.2 Å². The summed E-state index contributed by atoms with van der Waals surface area (Å²) < 4.78 is 14.5. The van der Waals surface area contributed by atoms with Gasteiger partial charge in [0.2, 0.25) is 0 Å². The van der Waals surface area contributed by atoms with Crippen molar-refractivity contribution in [3.05, 3.63) is 52.6 Å². The lowest BCUT2D eigenvalue weighted by Crippen LogP contribution is -2.00. The van der Waals surface area contributed by atoms with Crippen molar-refractivity contribution in [1.29, 1.82) is 5.26 Å². The molecular formula is C15H12FN3O2. The molecule has 0 saturated carbocycles. The van der Waals surface area contributed by atoms with Gasteiger partial charge in [0, 0.05) is 11.3 Å². The van der Waals surface area contributed by atoms with Crippen LogP contribution in [0.15, 0.2) is 29.8 Å². The summed E-state index contributed by atoms with van der Waals surface area (Å²) in [6.45, 7) is 3.47. The van der Waals surface area contributed by atoms with Crippen LogP contribution in [0.1, 0.15) is 17.0 Å². The molecule has 0 aliphatic carbocycles. The number of hydrogen-bond acceptors (Lipinski definition) is 3. The van der Waals surface area contributed by atoms with Crippen molar-refractivity contribution in [1.82, 2.24) is 9.78 Å². The van der Waals surface area contributed by atoms with E-state index >= 15 is 0 Å². The van der Waals surface area contributed by atoms with Crippen LogP contribution in [0.25, 0.3) is 11.8 Å². The Bertz CT molecular complexity index is 767. The molecule has 0 saturated heterocycles. The van der Waals surface area contributed by atoms with Crippen molar-refractivity contribution in [3.8, 4) is 11.8 Å². The minimum absolute atomic E-state index is 0.349. The van der Waals surface area contributed by atoms with E-state index in [1.165, 1.54) is 18.2 Å². The zero-order valence-corrected chi connectivity index (χ0v) is 11.5. The van der Waals surface area contributed by atoms with E-state index < -0.39 is 5.97 Å². The average Bonchev–Trinajstić information content (AvgIpc) is 2.72. The van der Waals surface area contributed by atoms with Gasteiger partial charge in [0.25, 0.3) is 0 Å². The van der Waals surface area contributed by atoms with E-state index in [0.717, 1.165) is 0 Å². The molecular weight excluding hydrogens is 273 g/mol. The molecule has 2 aromatic rings. The van der Waals surface area contributed by atoms with Crippen molar-refractivity contribution in [2.45, 2.75) is 13.8 Å². The number of aliphatic carboxylic acids is 1. The van der Waals surface area contributed by atoms with Gasteiger partial charge in [-0.1, -0.05) is 0 Å². The number of rotatable bonds is 3. The summed E-state index contributed by atoms with van der Waals surface area (Å²) in [5, 5.41) is 22.0. The molecule has 106 valence electrons. The van der Waals surface area contributed by atoms with Crippen LogP contribution in [-0.2, 0) is 4.79 Å². The molecule has 2 rings (SSSR count). The second kappa shape index (κ2) is 5.59. The topological polar surface area (TPSA) is 78.9 Å². The van der Waals surface area contributed by atoms with E-state index in [1.807, 2.05) is 0 Å². The van der Waals surface area contributed by atoms with E-state index in [-0.39, 0.29) is 11.4 Å². The molecule has 0 spiro atoms. The third-order valence-electron chi connectivity index (χ3n) is 3.06. The quantitative estimate of drug-likeness (QED) is 0.694. The molecule has 0 fully saturated rings. The minimum atomic E-state index is -1.29. The standard InChI is InChI=1S/C15H12FN3O2/c1-9-14(7-11(8-17)15(20)21)10(2)19(18-9)13-5-3-12(16)4-6-13/h3-7H,1-2H3,(H,20,21)/b11-7+.